The Labute approximate surface area is 148 Å². The minimum Gasteiger partial charge on any atom is -0.289 e. The molecule has 1 nitrogen and oxygen atoms in total. The Kier molecular flexibility index (Phi) is 8.01. The molecule has 0 bridgehead atoms. The SMILES string of the molecule is CCCCC1(CC)C=NC(c2ccccc2)C/C=C/CC/C=C/C1. The van der Waals surface area contributed by atoms with E-state index in [0.29, 0.717) is 0 Å². The molecule has 0 fully saturated rings. The van der Waals surface area contributed by atoms with E-state index in [-0.39, 0.29) is 11.5 Å². The van der Waals surface area contributed by atoms with Crippen molar-refractivity contribution in [3.63, 3.8) is 0 Å². The summed E-state index contributed by atoms with van der Waals surface area (Å²) in [6.07, 6.45) is 21.0. The highest BCUT2D eigenvalue weighted by atomic mass is 14.8. The van der Waals surface area contributed by atoms with Gasteiger partial charge in [-0.15, -0.1) is 0 Å². The summed E-state index contributed by atoms with van der Waals surface area (Å²) in [6, 6.07) is 11.0. The molecule has 1 heterocycles. The van der Waals surface area contributed by atoms with Crippen molar-refractivity contribution in [1.82, 2.24) is 0 Å². The highest BCUT2D eigenvalue weighted by Gasteiger charge is 2.24. The largest absolute Gasteiger partial charge is 0.289 e. The molecular formula is C23H33N. The zero-order valence-corrected chi connectivity index (χ0v) is 15.5. The second kappa shape index (κ2) is 10.3. The molecule has 0 aromatic heterocycles. The summed E-state index contributed by atoms with van der Waals surface area (Å²) >= 11 is 0. The molecule has 1 aromatic carbocycles. The lowest BCUT2D eigenvalue weighted by atomic mass is 9.78. The third-order valence-corrected chi connectivity index (χ3v) is 5.16. The first kappa shape index (κ1) is 18.7. The number of hydrogen-bond acceptors (Lipinski definition) is 1. The normalized spacial score (nSPS) is 27.8. The topological polar surface area (TPSA) is 12.4 Å². The Balaban J connectivity index is 2.28. The summed E-state index contributed by atoms with van der Waals surface area (Å²) in [5.41, 5.74) is 1.55. The van der Waals surface area contributed by atoms with Crippen LogP contribution in [0.25, 0.3) is 0 Å². The van der Waals surface area contributed by atoms with Crippen LogP contribution in [0, 0.1) is 5.41 Å². The van der Waals surface area contributed by atoms with Gasteiger partial charge in [-0.3, -0.25) is 4.99 Å². The number of hydrogen-bond donors (Lipinski definition) is 0. The van der Waals surface area contributed by atoms with Crippen LogP contribution in [0.2, 0.25) is 0 Å². The van der Waals surface area contributed by atoms with Gasteiger partial charge in [0, 0.05) is 11.6 Å². The first-order valence-electron chi connectivity index (χ1n) is 9.69. The van der Waals surface area contributed by atoms with Crippen LogP contribution in [0.5, 0.6) is 0 Å². The van der Waals surface area contributed by atoms with Gasteiger partial charge < -0.3 is 0 Å². The van der Waals surface area contributed by atoms with E-state index in [9.17, 15) is 0 Å². The van der Waals surface area contributed by atoms with Crippen LogP contribution in [-0.2, 0) is 0 Å². The first-order chi connectivity index (χ1) is 11.8. The van der Waals surface area contributed by atoms with Gasteiger partial charge in [0.05, 0.1) is 6.04 Å². The summed E-state index contributed by atoms with van der Waals surface area (Å²) < 4.78 is 0. The number of nitrogens with zero attached hydrogens (tertiary/aromatic N) is 1. The van der Waals surface area contributed by atoms with Crippen molar-refractivity contribution in [2.75, 3.05) is 0 Å². The van der Waals surface area contributed by atoms with Crippen LogP contribution in [0.1, 0.15) is 76.8 Å². The molecular weight excluding hydrogens is 290 g/mol. The van der Waals surface area contributed by atoms with Crippen molar-refractivity contribution >= 4 is 6.21 Å². The molecule has 2 atom stereocenters. The van der Waals surface area contributed by atoms with Crippen molar-refractivity contribution in [3.05, 3.63) is 60.2 Å². The summed E-state index contributed by atoms with van der Waals surface area (Å²) in [5, 5.41) is 0. The zero-order valence-electron chi connectivity index (χ0n) is 15.5. The van der Waals surface area contributed by atoms with Crippen LogP contribution in [0.4, 0.5) is 0 Å². The van der Waals surface area contributed by atoms with E-state index in [4.69, 9.17) is 4.99 Å². The molecule has 2 unspecified atom stereocenters. The Morgan fingerprint density at radius 2 is 1.75 bits per heavy atom. The Morgan fingerprint density at radius 1 is 1.00 bits per heavy atom. The van der Waals surface area contributed by atoms with Gasteiger partial charge in [0.2, 0.25) is 0 Å². The molecule has 0 radical (unpaired) electrons. The highest BCUT2D eigenvalue weighted by molar-refractivity contribution is 5.66. The quantitative estimate of drug-likeness (QED) is 0.514. The number of unbranched alkanes of at least 4 members (excludes halogenated alkanes) is 1. The van der Waals surface area contributed by atoms with Crippen molar-refractivity contribution < 1.29 is 0 Å². The molecule has 0 saturated heterocycles. The van der Waals surface area contributed by atoms with E-state index < -0.39 is 0 Å². The standard InChI is InChI=1S/C23H33N/c1-3-5-18-23(4-2)19-14-9-7-6-8-13-17-22(24-20-23)21-15-11-10-12-16-21/h8-16,20,22H,3-7,17-19H2,1-2H3/b13-8+,14-9+,24-20?. The molecule has 24 heavy (non-hydrogen) atoms. The van der Waals surface area contributed by atoms with Gasteiger partial charge in [-0.2, -0.15) is 0 Å². The van der Waals surface area contributed by atoms with Gasteiger partial charge in [0.15, 0.2) is 0 Å². The minimum absolute atomic E-state index is 0.225. The second-order valence-corrected chi connectivity index (χ2v) is 6.98. The highest BCUT2D eigenvalue weighted by Crippen LogP contribution is 2.33. The van der Waals surface area contributed by atoms with Crippen molar-refractivity contribution in [3.8, 4) is 0 Å². The average Bonchev–Trinajstić information content (AvgIpc) is 2.62. The van der Waals surface area contributed by atoms with Gasteiger partial charge in [0.1, 0.15) is 0 Å². The molecule has 2 rings (SSSR count). The van der Waals surface area contributed by atoms with Crippen LogP contribution in [-0.4, -0.2) is 6.21 Å². The average molecular weight is 324 g/mol. The predicted molar refractivity (Wildman–Crippen MR) is 107 cm³/mol. The lowest BCUT2D eigenvalue weighted by Gasteiger charge is -2.28. The van der Waals surface area contributed by atoms with E-state index in [1.807, 2.05) is 0 Å². The molecule has 1 aromatic rings. The fraction of sp³-hybridized carbons (Fsp3) is 0.522. The fourth-order valence-electron chi connectivity index (χ4n) is 3.34. The van der Waals surface area contributed by atoms with Crippen molar-refractivity contribution in [2.45, 2.75) is 71.3 Å². The smallest absolute Gasteiger partial charge is 0.0779 e. The Bertz CT molecular complexity index is 540. The van der Waals surface area contributed by atoms with Gasteiger partial charge in [-0.05, 0) is 44.1 Å². The van der Waals surface area contributed by atoms with Crippen LogP contribution in [0.15, 0.2) is 59.6 Å². The van der Waals surface area contributed by atoms with E-state index >= 15 is 0 Å². The summed E-state index contributed by atoms with van der Waals surface area (Å²) in [7, 11) is 0. The summed E-state index contributed by atoms with van der Waals surface area (Å²) in [5.74, 6) is 0. The van der Waals surface area contributed by atoms with Gasteiger partial charge in [0.25, 0.3) is 0 Å². The summed E-state index contributed by atoms with van der Waals surface area (Å²) in [6.45, 7) is 4.60. The molecule has 1 aliphatic rings. The van der Waals surface area contributed by atoms with Crippen LogP contribution >= 0.6 is 0 Å². The maximum absolute atomic E-state index is 5.09. The van der Waals surface area contributed by atoms with Crippen molar-refractivity contribution in [2.24, 2.45) is 10.4 Å². The molecule has 0 N–H and O–H groups in total. The first-order valence-corrected chi connectivity index (χ1v) is 9.69. The summed E-state index contributed by atoms with van der Waals surface area (Å²) in [4.78, 5) is 5.09. The molecule has 0 spiro atoms. The molecule has 0 amide bonds. The van der Waals surface area contributed by atoms with E-state index in [1.165, 1.54) is 24.8 Å². The molecule has 0 saturated carbocycles. The van der Waals surface area contributed by atoms with E-state index in [2.05, 4.69) is 74.7 Å². The van der Waals surface area contributed by atoms with Gasteiger partial charge >= 0.3 is 0 Å². The minimum atomic E-state index is 0.225. The van der Waals surface area contributed by atoms with Crippen molar-refractivity contribution in [1.29, 1.82) is 0 Å². The fourth-order valence-corrected chi connectivity index (χ4v) is 3.34. The third kappa shape index (κ3) is 5.78. The molecule has 130 valence electrons. The maximum Gasteiger partial charge on any atom is 0.0779 e. The number of benzene rings is 1. The Morgan fingerprint density at radius 3 is 2.46 bits per heavy atom. The lowest BCUT2D eigenvalue weighted by Crippen LogP contribution is -2.21. The number of rotatable bonds is 5. The zero-order chi connectivity index (χ0) is 17.1. The van der Waals surface area contributed by atoms with Gasteiger partial charge in [-0.1, -0.05) is 81.3 Å². The number of aliphatic imine (C=N–C) groups is 1. The van der Waals surface area contributed by atoms with Crippen LogP contribution in [0.3, 0.4) is 0 Å². The Hall–Kier alpha value is -1.63. The molecule has 1 aliphatic heterocycles. The third-order valence-electron chi connectivity index (χ3n) is 5.16. The number of allylic oxidation sites excluding steroid dienone is 3. The molecule has 0 aliphatic carbocycles. The molecule has 1 heteroatoms. The monoisotopic (exact) mass is 323 g/mol. The van der Waals surface area contributed by atoms with Gasteiger partial charge in [-0.25, -0.2) is 0 Å². The predicted octanol–water partition coefficient (Wildman–Crippen LogP) is 7.07. The van der Waals surface area contributed by atoms with Crippen LogP contribution < -0.4 is 0 Å². The maximum atomic E-state index is 5.09. The van der Waals surface area contributed by atoms with E-state index in [0.717, 1.165) is 32.1 Å². The second-order valence-electron chi connectivity index (χ2n) is 6.98. The lowest BCUT2D eigenvalue weighted by molar-refractivity contribution is 0.369. The van der Waals surface area contributed by atoms with E-state index in [1.54, 1.807) is 0 Å².